The minimum atomic E-state index is 0.0120. The van der Waals surface area contributed by atoms with Crippen molar-refractivity contribution in [2.75, 3.05) is 32.5 Å². The molecule has 1 aromatic carbocycles. The van der Waals surface area contributed by atoms with Gasteiger partial charge in [-0.15, -0.1) is 0 Å². The van der Waals surface area contributed by atoms with Crippen molar-refractivity contribution in [2.45, 2.75) is 50.5 Å². The molecule has 0 unspecified atom stereocenters. The van der Waals surface area contributed by atoms with Crippen LogP contribution in [0.4, 0.5) is 11.6 Å². The number of carbonyl (C=O) groups excluding carboxylic acids is 1. The Hall–Kier alpha value is -2.93. The third-order valence-electron chi connectivity index (χ3n) is 6.87. The van der Waals surface area contributed by atoms with Gasteiger partial charge in [0.25, 0.3) is 5.91 Å². The molecule has 2 fully saturated rings. The van der Waals surface area contributed by atoms with E-state index in [4.69, 9.17) is 4.98 Å². The maximum Gasteiger partial charge on any atom is 0.270 e. The third-order valence-corrected chi connectivity index (χ3v) is 6.87. The van der Waals surface area contributed by atoms with E-state index in [0.717, 1.165) is 42.7 Å². The summed E-state index contributed by atoms with van der Waals surface area (Å²) >= 11 is 0. The zero-order chi connectivity index (χ0) is 22.1. The first-order valence-electron chi connectivity index (χ1n) is 11.8. The highest BCUT2D eigenvalue weighted by Gasteiger charge is 2.26. The molecule has 1 amide bonds. The van der Waals surface area contributed by atoms with Gasteiger partial charge in [-0.25, -0.2) is 4.98 Å². The van der Waals surface area contributed by atoms with Crippen molar-refractivity contribution in [2.24, 2.45) is 0 Å². The second-order valence-corrected chi connectivity index (χ2v) is 9.28. The van der Waals surface area contributed by atoms with E-state index in [9.17, 15) is 4.79 Å². The summed E-state index contributed by atoms with van der Waals surface area (Å²) in [6.45, 7) is 2.19. The minimum Gasteiger partial charge on any atom is -0.343 e. The molecule has 1 aliphatic carbocycles. The Kier molecular flexibility index (Phi) is 5.83. The zero-order valence-electron chi connectivity index (χ0n) is 19.0. The van der Waals surface area contributed by atoms with Crippen LogP contribution in [0.3, 0.4) is 0 Å². The third kappa shape index (κ3) is 4.09. The smallest absolute Gasteiger partial charge is 0.270 e. The molecule has 0 radical (unpaired) electrons. The highest BCUT2D eigenvalue weighted by molar-refractivity contribution is 5.97. The maximum absolute atomic E-state index is 12.9. The second kappa shape index (κ2) is 8.90. The zero-order valence-corrected chi connectivity index (χ0v) is 19.0. The van der Waals surface area contributed by atoms with Crippen LogP contribution in [0, 0.1) is 0 Å². The average Bonchev–Trinajstić information content (AvgIpc) is 3.47. The summed E-state index contributed by atoms with van der Waals surface area (Å²) in [5.41, 5.74) is 3.92. The SMILES string of the molecule is CN(C)C(=O)c1cc2cnc(Nc3ccc(C4CCNCC4)cc3)nc2n1C1CCCC1. The normalized spacial score (nSPS) is 17.7. The van der Waals surface area contributed by atoms with E-state index in [2.05, 4.69) is 44.5 Å². The lowest BCUT2D eigenvalue weighted by Gasteiger charge is -2.23. The molecule has 1 saturated carbocycles. The Morgan fingerprint density at radius 1 is 1.09 bits per heavy atom. The number of nitrogens with zero attached hydrogens (tertiary/aromatic N) is 4. The van der Waals surface area contributed by atoms with Crippen molar-refractivity contribution < 1.29 is 4.79 Å². The molecule has 2 aromatic heterocycles. The fraction of sp³-hybridized carbons (Fsp3) is 0.480. The number of rotatable bonds is 5. The Labute approximate surface area is 189 Å². The van der Waals surface area contributed by atoms with Crippen LogP contribution in [-0.2, 0) is 0 Å². The second-order valence-electron chi connectivity index (χ2n) is 9.28. The number of amides is 1. The van der Waals surface area contributed by atoms with E-state index in [1.165, 1.54) is 31.2 Å². The van der Waals surface area contributed by atoms with E-state index in [1.807, 2.05) is 12.3 Å². The predicted molar refractivity (Wildman–Crippen MR) is 128 cm³/mol. The number of hydrogen-bond donors (Lipinski definition) is 2. The molecule has 7 heteroatoms. The topological polar surface area (TPSA) is 75.1 Å². The summed E-state index contributed by atoms with van der Waals surface area (Å²) in [5, 5.41) is 7.70. The Balaban J connectivity index is 1.43. The van der Waals surface area contributed by atoms with Gasteiger partial charge in [-0.1, -0.05) is 25.0 Å². The first-order valence-corrected chi connectivity index (χ1v) is 11.8. The van der Waals surface area contributed by atoms with Crippen LogP contribution in [0.1, 0.15) is 66.5 Å². The highest BCUT2D eigenvalue weighted by Crippen LogP contribution is 2.35. The van der Waals surface area contributed by atoms with Crippen LogP contribution in [0.5, 0.6) is 0 Å². The molecule has 168 valence electrons. The number of aromatic nitrogens is 3. The van der Waals surface area contributed by atoms with E-state index < -0.39 is 0 Å². The molecule has 0 atom stereocenters. The van der Waals surface area contributed by atoms with E-state index in [0.29, 0.717) is 23.6 Å². The van der Waals surface area contributed by atoms with Gasteiger partial charge in [-0.2, -0.15) is 4.98 Å². The van der Waals surface area contributed by atoms with Gasteiger partial charge in [-0.3, -0.25) is 4.79 Å². The van der Waals surface area contributed by atoms with Gasteiger partial charge >= 0.3 is 0 Å². The first-order chi connectivity index (χ1) is 15.6. The molecule has 0 spiro atoms. The Morgan fingerprint density at radius 3 is 2.50 bits per heavy atom. The van der Waals surface area contributed by atoms with E-state index in [1.54, 1.807) is 19.0 Å². The summed E-state index contributed by atoms with van der Waals surface area (Å²) in [6.07, 6.45) is 8.77. The number of carbonyl (C=O) groups is 1. The standard InChI is InChI=1S/C25H32N6O/c1-30(2)24(32)22-15-19-16-27-25(29-23(19)31(22)21-5-3-4-6-21)28-20-9-7-17(8-10-20)18-11-13-26-14-12-18/h7-10,15-16,18,21,26H,3-6,11-14H2,1-2H3,(H,27,28,29). The summed E-state index contributed by atoms with van der Waals surface area (Å²) in [5.74, 6) is 1.21. The maximum atomic E-state index is 12.9. The van der Waals surface area contributed by atoms with E-state index in [-0.39, 0.29) is 5.91 Å². The van der Waals surface area contributed by atoms with Gasteiger partial charge < -0.3 is 20.1 Å². The lowest BCUT2D eigenvalue weighted by Crippen LogP contribution is -2.26. The summed E-state index contributed by atoms with van der Waals surface area (Å²) < 4.78 is 2.15. The lowest BCUT2D eigenvalue weighted by atomic mass is 9.90. The van der Waals surface area contributed by atoms with Crippen molar-refractivity contribution in [3.8, 4) is 0 Å². The Bertz CT molecular complexity index is 1090. The molecule has 7 nitrogen and oxygen atoms in total. The van der Waals surface area contributed by atoms with Crippen LogP contribution < -0.4 is 10.6 Å². The van der Waals surface area contributed by atoms with Crippen molar-refractivity contribution in [3.63, 3.8) is 0 Å². The van der Waals surface area contributed by atoms with Gasteiger partial charge in [-0.05, 0) is 68.5 Å². The van der Waals surface area contributed by atoms with Gasteiger partial charge in [0.15, 0.2) is 0 Å². The lowest BCUT2D eigenvalue weighted by molar-refractivity contribution is 0.0815. The Morgan fingerprint density at radius 2 is 1.81 bits per heavy atom. The van der Waals surface area contributed by atoms with Crippen LogP contribution in [-0.4, -0.2) is 52.5 Å². The number of nitrogens with one attached hydrogen (secondary N) is 2. The van der Waals surface area contributed by atoms with Crippen molar-refractivity contribution in [1.82, 2.24) is 24.8 Å². The number of piperidine rings is 1. The molecule has 3 aromatic rings. The molecular weight excluding hydrogens is 400 g/mol. The number of fused-ring (bicyclic) bond motifs is 1. The number of hydrogen-bond acceptors (Lipinski definition) is 5. The number of anilines is 2. The quantitative estimate of drug-likeness (QED) is 0.623. The van der Waals surface area contributed by atoms with Gasteiger partial charge in [0.1, 0.15) is 11.3 Å². The van der Waals surface area contributed by atoms with Crippen LogP contribution in [0.15, 0.2) is 36.5 Å². The van der Waals surface area contributed by atoms with Crippen molar-refractivity contribution >= 4 is 28.6 Å². The largest absolute Gasteiger partial charge is 0.343 e. The summed E-state index contributed by atoms with van der Waals surface area (Å²) in [6, 6.07) is 10.9. The minimum absolute atomic E-state index is 0.0120. The van der Waals surface area contributed by atoms with Crippen molar-refractivity contribution in [1.29, 1.82) is 0 Å². The average molecular weight is 433 g/mol. The molecular formula is C25H32N6O. The van der Waals surface area contributed by atoms with Crippen LogP contribution in [0.25, 0.3) is 11.0 Å². The molecule has 1 aliphatic heterocycles. The molecule has 3 heterocycles. The van der Waals surface area contributed by atoms with Crippen LogP contribution >= 0.6 is 0 Å². The van der Waals surface area contributed by atoms with Gasteiger partial charge in [0.05, 0.1) is 0 Å². The van der Waals surface area contributed by atoms with E-state index >= 15 is 0 Å². The molecule has 2 N–H and O–H groups in total. The molecule has 2 aliphatic rings. The molecule has 0 bridgehead atoms. The van der Waals surface area contributed by atoms with Gasteiger partial charge in [0, 0.05) is 37.4 Å². The van der Waals surface area contributed by atoms with Crippen LogP contribution in [0.2, 0.25) is 0 Å². The number of benzene rings is 1. The molecule has 32 heavy (non-hydrogen) atoms. The first kappa shape index (κ1) is 20.9. The monoisotopic (exact) mass is 432 g/mol. The van der Waals surface area contributed by atoms with Gasteiger partial charge in [0.2, 0.25) is 5.95 Å². The summed E-state index contributed by atoms with van der Waals surface area (Å²) in [4.78, 5) is 23.9. The predicted octanol–water partition coefficient (Wildman–Crippen LogP) is 4.46. The van der Waals surface area contributed by atoms with Crippen molar-refractivity contribution in [3.05, 3.63) is 47.8 Å². The fourth-order valence-corrected chi connectivity index (χ4v) is 5.12. The summed E-state index contributed by atoms with van der Waals surface area (Å²) in [7, 11) is 3.59. The molecule has 1 saturated heterocycles. The molecule has 5 rings (SSSR count). The fourth-order valence-electron chi connectivity index (χ4n) is 5.12. The highest BCUT2D eigenvalue weighted by atomic mass is 16.2.